The fraction of sp³-hybridized carbons (Fsp3) is 0.815. The van der Waals surface area contributed by atoms with Crippen LogP contribution in [0.1, 0.15) is 232 Å². The SMILES string of the molecule is CC/C=C\C/C=C\C/C=C\C/C=C\CCCCCCCCCCCCC(=O)OC(COC(=O)CCCCCCCCCCCCCCCCCCC)COP(=O)(O)OCC[N+](C)(C)C. The Morgan fingerprint density at radius 1 is 0.500 bits per heavy atom. The molecule has 2 unspecified atom stereocenters. The van der Waals surface area contributed by atoms with Crippen LogP contribution in [0.15, 0.2) is 48.6 Å². The summed E-state index contributed by atoms with van der Waals surface area (Å²) in [6, 6.07) is 0. The highest BCUT2D eigenvalue weighted by molar-refractivity contribution is 7.47. The zero-order valence-electron chi connectivity index (χ0n) is 42.3. The first-order chi connectivity index (χ1) is 31.0. The molecule has 2 atom stereocenters. The molecule has 0 bridgehead atoms. The van der Waals surface area contributed by atoms with Crippen LogP contribution in [0.5, 0.6) is 0 Å². The van der Waals surface area contributed by atoms with Gasteiger partial charge in [-0.2, -0.15) is 0 Å². The molecule has 0 aliphatic rings. The summed E-state index contributed by atoms with van der Waals surface area (Å²) in [5, 5.41) is 0. The molecule has 64 heavy (non-hydrogen) atoms. The Hall–Kier alpha value is -2.03. The molecule has 1 N–H and O–H groups in total. The lowest BCUT2D eigenvalue weighted by Crippen LogP contribution is -2.37. The number of ether oxygens (including phenoxy) is 2. The highest BCUT2D eigenvalue weighted by Crippen LogP contribution is 2.43. The first-order valence-electron chi connectivity index (χ1n) is 26.4. The predicted octanol–water partition coefficient (Wildman–Crippen LogP) is 15.8. The average molecular weight is 923 g/mol. The Bertz CT molecular complexity index is 1230. The lowest BCUT2D eigenvalue weighted by Gasteiger charge is -2.24. The van der Waals surface area contributed by atoms with Gasteiger partial charge in [0.15, 0.2) is 6.10 Å². The largest absolute Gasteiger partial charge is 0.472 e. The Labute approximate surface area is 394 Å². The van der Waals surface area contributed by atoms with Crippen LogP contribution < -0.4 is 0 Å². The molecule has 0 aliphatic carbocycles. The first-order valence-corrected chi connectivity index (χ1v) is 27.9. The topological polar surface area (TPSA) is 108 Å². The van der Waals surface area contributed by atoms with Crippen LogP contribution >= 0.6 is 7.82 Å². The molecule has 0 aromatic carbocycles. The number of hydrogen-bond donors (Lipinski definition) is 1. The van der Waals surface area contributed by atoms with E-state index in [0.717, 1.165) is 70.6 Å². The number of phosphoric acid groups is 1. The van der Waals surface area contributed by atoms with Crippen molar-refractivity contribution in [2.24, 2.45) is 0 Å². The first kappa shape index (κ1) is 62.0. The average Bonchev–Trinajstić information content (AvgIpc) is 3.25. The second kappa shape index (κ2) is 46.1. The van der Waals surface area contributed by atoms with Gasteiger partial charge in [-0.05, 0) is 51.4 Å². The standard InChI is InChI=1S/C54H100NO8P/c1-6-8-10-12-14-16-18-20-22-24-25-26-27-28-29-31-33-35-37-39-41-43-45-47-54(57)63-52(51-62-64(58,59)61-49-48-55(3,4)5)50-60-53(56)46-44-42-40-38-36-34-32-30-23-21-19-17-15-13-11-9-7-2/h8,10,14,16,20,22,25-26,52H,6-7,9,11-13,15,17-19,21,23-24,27-51H2,1-5H3/p+1/b10-8-,16-14-,22-20-,26-25-. The van der Waals surface area contributed by atoms with Gasteiger partial charge in [-0.15, -0.1) is 0 Å². The van der Waals surface area contributed by atoms with Gasteiger partial charge >= 0.3 is 19.8 Å². The van der Waals surface area contributed by atoms with E-state index in [1.54, 1.807) is 0 Å². The predicted molar refractivity (Wildman–Crippen MR) is 270 cm³/mol. The van der Waals surface area contributed by atoms with Gasteiger partial charge in [-0.25, -0.2) is 4.57 Å². The third kappa shape index (κ3) is 49.4. The van der Waals surface area contributed by atoms with Crippen LogP contribution in [0.4, 0.5) is 0 Å². The van der Waals surface area contributed by atoms with Crippen molar-refractivity contribution in [2.75, 3.05) is 47.5 Å². The number of hydrogen-bond acceptors (Lipinski definition) is 7. The minimum atomic E-state index is -4.38. The van der Waals surface area contributed by atoms with Crippen molar-refractivity contribution >= 4 is 19.8 Å². The summed E-state index contributed by atoms with van der Waals surface area (Å²) in [4.78, 5) is 35.6. The maximum atomic E-state index is 12.8. The number of allylic oxidation sites excluding steroid dienone is 8. The second-order valence-corrected chi connectivity index (χ2v) is 20.3. The van der Waals surface area contributed by atoms with Crippen molar-refractivity contribution in [2.45, 2.75) is 238 Å². The Morgan fingerprint density at radius 3 is 1.33 bits per heavy atom. The monoisotopic (exact) mass is 923 g/mol. The quantitative estimate of drug-likeness (QED) is 0.0211. The molecule has 9 nitrogen and oxygen atoms in total. The summed E-state index contributed by atoms with van der Waals surface area (Å²) in [5.74, 6) is -0.794. The van der Waals surface area contributed by atoms with Crippen molar-refractivity contribution in [3.05, 3.63) is 48.6 Å². The number of carbonyl (C=O) groups is 2. The minimum absolute atomic E-state index is 0.0311. The van der Waals surface area contributed by atoms with Gasteiger partial charge < -0.3 is 18.9 Å². The molecule has 0 spiro atoms. The zero-order valence-corrected chi connectivity index (χ0v) is 43.2. The van der Waals surface area contributed by atoms with E-state index in [0.29, 0.717) is 23.9 Å². The number of unbranched alkanes of at least 4 members (excludes halogenated alkanes) is 26. The highest BCUT2D eigenvalue weighted by Gasteiger charge is 2.27. The van der Waals surface area contributed by atoms with Crippen LogP contribution in [0, 0.1) is 0 Å². The third-order valence-corrected chi connectivity index (χ3v) is 12.4. The minimum Gasteiger partial charge on any atom is -0.462 e. The van der Waals surface area contributed by atoms with Gasteiger partial charge in [-0.3, -0.25) is 18.6 Å². The number of likely N-dealkylation sites (N-methyl/N-ethyl adjacent to an activating group) is 1. The van der Waals surface area contributed by atoms with Crippen LogP contribution in [0.25, 0.3) is 0 Å². The molecule has 0 amide bonds. The number of phosphoric ester groups is 1. The van der Waals surface area contributed by atoms with Crippen molar-refractivity contribution in [1.29, 1.82) is 0 Å². The van der Waals surface area contributed by atoms with Crippen molar-refractivity contribution in [1.82, 2.24) is 0 Å². The van der Waals surface area contributed by atoms with Crippen LogP contribution in [0.2, 0.25) is 0 Å². The maximum Gasteiger partial charge on any atom is 0.472 e. The smallest absolute Gasteiger partial charge is 0.462 e. The van der Waals surface area contributed by atoms with Gasteiger partial charge in [0.25, 0.3) is 0 Å². The fourth-order valence-corrected chi connectivity index (χ4v) is 8.04. The van der Waals surface area contributed by atoms with E-state index in [1.807, 2.05) is 21.1 Å². The zero-order chi connectivity index (χ0) is 47.1. The molecule has 0 heterocycles. The molecule has 0 aliphatic heterocycles. The van der Waals surface area contributed by atoms with Gasteiger partial charge in [0.2, 0.25) is 0 Å². The summed E-state index contributed by atoms with van der Waals surface area (Å²) in [6.45, 7) is 4.34. The van der Waals surface area contributed by atoms with Crippen molar-refractivity contribution in [3.63, 3.8) is 0 Å². The van der Waals surface area contributed by atoms with Gasteiger partial charge in [0, 0.05) is 12.8 Å². The third-order valence-electron chi connectivity index (χ3n) is 11.4. The summed E-state index contributed by atoms with van der Waals surface area (Å²) >= 11 is 0. The van der Waals surface area contributed by atoms with Crippen LogP contribution in [0.3, 0.4) is 0 Å². The summed E-state index contributed by atoms with van der Waals surface area (Å²) in [7, 11) is 1.48. The molecule has 0 fully saturated rings. The maximum absolute atomic E-state index is 12.8. The number of nitrogens with zero attached hydrogens (tertiary/aromatic N) is 1. The van der Waals surface area contributed by atoms with Crippen LogP contribution in [-0.2, 0) is 32.7 Å². The summed E-state index contributed by atoms with van der Waals surface area (Å²) in [6.07, 6.45) is 55.9. The van der Waals surface area contributed by atoms with E-state index in [2.05, 4.69) is 62.5 Å². The van der Waals surface area contributed by atoms with E-state index in [1.165, 1.54) is 128 Å². The number of rotatable bonds is 48. The molecule has 0 aromatic heterocycles. The van der Waals surface area contributed by atoms with E-state index in [9.17, 15) is 19.0 Å². The summed E-state index contributed by atoms with van der Waals surface area (Å²) < 4.78 is 34.5. The fourth-order valence-electron chi connectivity index (χ4n) is 7.30. The molecular weight excluding hydrogens is 822 g/mol. The number of quaternary nitrogens is 1. The lowest BCUT2D eigenvalue weighted by molar-refractivity contribution is -0.870. The Morgan fingerprint density at radius 2 is 0.891 bits per heavy atom. The van der Waals surface area contributed by atoms with Gasteiger partial charge in [0.1, 0.15) is 19.8 Å². The molecule has 0 saturated heterocycles. The van der Waals surface area contributed by atoms with E-state index in [-0.39, 0.29) is 25.6 Å². The van der Waals surface area contributed by atoms with Gasteiger partial charge in [0.05, 0.1) is 27.7 Å². The van der Waals surface area contributed by atoms with Crippen molar-refractivity contribution < 1.29 is 42.1 Å². The molecular formula is C54H101NO8P+. The Kier molecular flexibility index (Phi) is 44.6. The van der Waals surface area contributed by atoms with E-state index in [4.69, 9.17) is 18.5 Å². The number of esters is 2. The van der Waals surface area contributed by atoms with Gasteiger partial charge in [-0.1, -0.05) is 217 Å². The Balaban J connectivity index is 4.22. The van der Waals surface area contributed by atoms with Crippen LogP contribution in [-0.4, -0.2) is 74.9 Å². The van der Waals surface area contributed by atoms with E-state index >= 15 is 0 Å². The van der Waals surface area contributed by atoms with E-state index < -0.39 is 26.5 Å². The number of carbonyl (C=O) groups excluding carboxylic acids is 2. The molecule has 0 rings (SSSR count). The molecule has 0 radical (unpaired) electrons. The lowest BCUT2D eigenvalue weighted by atomic mass is 10.0. The normalized spacial score (nSPS) is 13.8. The molecule has 10 heteroatoms. The molecule has 0 aromatic rings. The second-order valence-electron chi connectivity index (χ2n) is 18.9. The summed E-state index contributed by atoms with van der Waals surface area (Å²) in [5.41, 5.74) is 0. The molecule has 374 valence electrons. The highest BCUT2D eigenvalue weighted by atomic mass is 31.2. The molecule has 0 saturated carbocycles. The van der Waals surface area contributed by atoms with Crippen molar-refractivity contribution in [3.8, 4) is 0 Å².